The van der Waals surface area contributed by atoms with Crippen LogP contribution in [0.5, 0.6) is 0 Å². The minimum atomic E-state index is -0.787. The van der Waals surface area contributed by atoms with Gasteiger partial charge < -0.3 is 10.2 Å². The van der Waals surface area contributed by atoms with E-state index in [0.717, 1.165) is 12.0 Å². The SMILES string of the molecule is CCC(C)NC(=O)C(Cc1ccccc1)N(Cc1c(Cl)cccc1Cl)C(=O)CSCc1ccccc1F. The minimum Gasteiger partial charge on any atom is -0.352 e. The van der Waals surface area contributed by atoms with E-state index in [2.05, 4.69) is 5.32 Å². The van der Waals surface area contributed by atoms with Gasteiger partial charge in [-0.3, -0.25) is 9.59 Å². The number of amides is 2. The third-order valence-electron chi connectivity index (χ3n) is 6.10. The lowest BCUT2D eigenvalue weighted by molar-refractivity contribution is -0.139. The molecule has 0 spiro atoms. The van der Waals surface area contributed by atoms with E-state index in [4.69, 9.17) is 23.2 Å². The second kappa shape index (κ2) is 14.4. The van der Waals surface area contributed by atoms with Crippen LogP contribution < -0.4 is 5.32 Å². The Hall–Kier alpha value is -2.54. The van der Waals surface area contributed by atoms with Crippen molar-refractivity contribution in [1.29, 1.82) is 0 Å². The number of halogens is 3. The van der Waals surface area contributed by atoms with Gasteiger partial charge in [0, 0.05) is 40.4 Å². The first kappa shape index (κ1) is 29.0. The topological polar surface area (TPSA) is 49.4 Å². The monoisotopic (exact) mass is 560 g/mol. The van der Waals surface area contributed by atoms with Gasteiger partial charge in [0.25, 0.3) is 0 Å². The van der Waals surface area contributed by atoms with Gasteiger partial charge in [0.1, 0.15) is 11.9 Å². The molecule has 0 bridgehead atoms. The van der Waals surface area contributed by atoms with Crippen molar-refractivity contribution in [2.24, 2.45) is 0 Å². The summed E-state index contributed by atoms with van der Waals surface area (Å²) in [4.78, 5) is 28.8. The fraction of sp³-hybridized carbons (Fsp3) is 0.310. The summed E-state index contributed by atoms with van der Waals surface area (Å²) in [5, 5.41) is 3.88. The molecule has 0 aliphatic heterocycles. The van der Waals surface area contributed by atoms with Gasteiger partial charge in [-0.05, 0) is 42.7 Å². The predicted octanol–water partition coefficient (Wildman–Crippen LogP) is 6.92. The normalized spacial score (nSPS) is 12.6. The molecule has 0 aliphatic carbocycles. The summed E-state index contributed by atoms with van der Waals surface area (Å²) < 4.78 is 14.1. The predicted molar refractivity (Wildman–Crippen MR) is 151 cm³/mol. The van der Waals surface area contributed by atoms with Gasteiger partial charge in [0.15, 0.2) is 0 Å². The Labute approximate surface area is 232 Å². The molecule has 1 N–H and O–H groups in total. The van der Waals surface area contributed by atoms with Crippen molar-refractivity contribution < 1.29 is 14.0 Å². The highest BCUT2D eigenvalue weighted by Crippen LogP contribution is 2.28. The van der Waals surface area contributed by atoms with E-state index in [9.17, 15) is 14.0 Å². The Kier molecular flexibility index (Phi) is 11.3. The van der Waals surface area contributed by atoms with Crippen molar-refractivity contribution >= 4 is 46.8 Å². The van der Waals surface area contributed by atoms with Gasteiger partial charge in [-0.25, -0.2) is 4.39 Å². The van der Waals surface area contributed by atoms with Crippen LogP contribution in [0.1, 0.15) is 37.0 Å². The molecule has 2 unspecified atom stereocenters. The van der Waals surface area contributed by atoms with Gasteiger partial charge in [-0.2, -0.15) is 0 Å². The molecule has 3 aromatic carbocycles. The van der Waals surface area contributed by atoms with Gasteiger partial charge in [0.2, 0.25) is 11.8 Å². The summed E-state index contributed by atoms with van der Waals surface area (Å²) in [6.45, 7) is 3.99. The van der Waals surface area contributed by atoms with Crippen molar-refractivity contribution in [3.63, 3.8) is 0 Å². The molecule has 3 rings (SSSR count). The Morgan fingerprint density at radius 3 is 2.27 bits per heavy atom. The molecule has 0 aromatic heterocycles. The number of thioether (sulfide) groups is 1. The number of rotatable bonds is 12. The summed E-state index contributed by atoms with van der Waals surface area (Å²) in [6, 6.07) is 20.4. The van der Waals surface area contributed by atoms with Gasteiger partial charge >= 0.3 is 0 Å². The number of hydrogen-bond acceptors (Lipinski definition) is 3. The lowest BCUT2D eigenvalue weighted by Crippen LogP contribution is -2.52. The quantitative estimate of drug-likeness (QED) is 0.261. The molecule has 0 saturated carbocycles. The molecule has 4 nitrogen and oxygen atoms in total. The van der Waals surface area contributed by atoms with Crippen LogP contribution >= 0.6 is 35.0 Å². The zero-order chi connectivity index (χ0) is 26.8. The van der Waals surface area contributed by atoms with Crippen LogP contribution in [0.2, 0.25) is 10.0 Å². The van der Waals surface area contributed by atoms with E-state index in [-0.39, 0.29) is 36.0 Å². The first-order valence-corrected chi connectivity index (χ1v) is 14.1. The maximum atomic E-state index is 14.1. The molecule has 37 heavy (non-hydrogen) atoms. The first-order valence-electron chi connectivity index (χ1n) is 12.2. The van der Waals surface area contributed by atoms with Gasteiger partial charge in [0.05, 0.1) is 5.75 Å². The summed E-state index contributed by atoms with van der Waals surface area (Å²) >= 11 is 14.2. The maximum absolute atomic E-state index is 14.1. The number of nitrogens with zero attached hydrogens (tertiary/aromatic N) is 1. The molecule has 2 amide bonds. The van der Waals surface area contributed by atoms with Crippen LogP contribution in [-0.4, -0.2) is 34.6 Å². The average Bonchev–Trinajstić information content (AvgIpc) is 2.89. The lowest BCUT2D eigenvalue weighted by atomic mass is 10.0. The Morgan fingerprint density at radius 1 is 0.973 bits per heavy atom. The average molecular weight is 562 g/mol. The second-order valence-corrected chi connectivity index (χ2v) is 10.6. The van der Waals surface area contributed by atoms with Crippen LogP contribution in [0.25, 0.3) is 0 Å². The Morgan fingerprint density at radius 2 is 1.62 bits per heavy atom. The highest BCUT2D eigenvalue weighted by molar-refractivity contribution is 7.99. The summed E-state index contributed by atoms with van der Waals surface area (Å²) in [5.41, 5.74) is 2.03. The van der Waals surface area contributed by atoms with Crippen molar-refractivity contribution in [3.05, 3.63) is 105 Å². The molecule has 3 aromatic rings. The fourth-order valence-corrected chi connectivity index (χ4v) is 5.21. The third-order valence-corrected chi connectivity index (χ3v) is 7.78. The highest BCUT2D eigenvalue weighted by Gasteiger charge is 2.31. The van der Waals surface area contributed by atoms with E-state index in [1.54, 1.807) is 41.3 Å². The number of carbonyl (C=O) groups is 2. The highest BCUT2D eigenvalue weighted by atomic mass is 35.5. The molecular formula is C29H31Cl2FN2O2S. The van der Waals surface area contributed by atoms with Crippen molar-refractivity contribution in [2.45, 2.75) is 51.1 Å². The molecule has 196 valence electrons. The summed E-state index contributed by atoms with van der Waals surface area (Å²) in [7, 11) is 0. The van der Waals surface area contributed by atoms with Crippen LogP contribution in [0.15, 0.2) is 72.8 Å². The van der Waals surface area contributed by atoms with E-state index in [0.29, 0.717) is 33.3 Å². The van der Waals surface area contributed by atoms with E-state index >= 15 is 0 Å². The third kappa shape index (κ3) is 8.49. The van der Waals surface area contributed by atoms with Gasteiger partial charge in [-0.15, -0.1) is 11.8 Å². The molecular weight excluding hydrogens is 530 g/mol. The Balaban J connectivity index is 1.91. The van der Waals surface area contributed by atoms with Crippen LogP contribution in [0.4, 0.5) is 4.39 Å². The number of carbonyl (C=O) groups excluding carboxylic acids is 2. The molecule has 0 radical (unpaired) electrons. The molecule has 0 aliphatic rings. The van der Waals surface area contributed by atoms with Crippen LogP contribution in [0, 0.1) is 5.82 Å². The minimum absolute atomic E-state index is 0.0537. The molecule has 0 heterocycles. The van der Waals surface area contributed by atoms with E-state index in [1.807, 2.05) is 44.2 Å². The second-order valence-electron chi connectivity index (χ2n) is 8.83. The zero-order valence-corrected chi connectivity index (χ0v) is 23.3. The smallest absolute Gasteiger partial charge is 0.243 e. The standard InChI is InChI=1S/C29H31Cl2FN2O2S/c1-3-20(2)33-29(36)27(16-21-10-5-4-6-11-21)34(17-23-24(30)13-9-14-25(23)31)28(35)19-37-18-22-12-7-8-15-26(22)32/h4-15,20,27H,3,16-19H2,1-2H3,(H,33,36). The first-order chi connectivity index (χ1) is 17.8. The van der Waals surface area contributed by atoms with Crippen LogP contribution in [0.3, 0.4) is 0 Å². The molecule has 0 saturated heterocycles. The van der Waals surface area contributed by atoms with E-state index in [1.165, 1.54) is 17.8 Å². The molecule has 8 heteroatoms. The Bertz CT molecular complexity index is 1180. The maximum Gasteiger partial charge on any atom is 0.243 e. The van der Waals surface area contributed by atoms with Gasteiger partial charge in [-0.1, -0.05) is 84.7 Å². The van der Waals surface area contributed by atoms with Crippen molar-refractivity contribution in [3.8, 4) is 0 Å². The summed E-state index contributed by atoms with van der Waals surface area (Å²) in [6.07, 6.45) is 1.08. The van der Waals surface area contributed by atoms with Crippen LogP contribution in [-0.2, 0) is 28.3 Å². The number of hydrogen-bond donors (Lipinski definition) is 1. The summed E-state index contributed by atoms with van der Waals surface area (Å²) in [5.74, 6) is -0.400. The van der Waals surface area contributed by atoms with Crippen molar-refractivity contribution in [2.75, 3.05) is 5.75 Å². The zero-order valence-electron chi connectivity index (χ0n) is 20.9. The number of nitrogens with one attached hydrogen (secondary N) is 1. The molecule has 0 fully saturated rings. The lowest BCUT2D eigenvalue weighted by Gasteiger charge is -2.32. The number of benzene rings is 3. The largest absolute Gasteiger partial charge is 0.352 e. The van der Waals surface area contributed by atoms with Crippen molar-refractivity contribution in [1.82, 2.24) is 10.2 Å². The molecule has 2 atom stereocenters. The fourth-order valence-electron chi connectivity index (χ4n) is 3.80. The van der Waals surface area contributed by atoms with E-state index < -0.39 is 6.04 Å².